The molecule has 0 radical (unpaired) electrons. The molecule has 0 aliphatic carbocycles. The van der Waals surface area contributed by atoms with E-state index in [1.165, 1.54) is 0 Å². The van der Waals surface area contributed by atoms with Gasteiger partial charge in [-0.05, 0) is 0 Å². The summed E-state index contributed by atoms with van der Waals surface area (Å²) < 4.78 is 4.71. The standard InChI is InChI=1S/C6H11N3O3/c7-4(3-11)6-8-5(1-2-10)9-12-6/h4,10-11H,1-3,7H2/t4-/m0/s1. The van der Waals surface area contributed by atoms with Crippen LogP contribution in [-0.2, 0) is 6.42 Å². The van der Waals surface area contributed by atoms with Gasteiger partial charge in [0.05, 0.1) is 13.2 Å². The molecular formula is C6H11N3O3. The van der Waals surface area contributed by atoms with Crippen molar-refractivity contribution in [3.05, 3.63) is 11.7 Å². The average Bonchev–Trinajstić information content (AvgIpc) is 2.52. The molecule has 0 saturated heterocycles. The number of hydrogen-bond acceptors (Lipinski definition) is 6. The van der Waals surface area contributed by atoms with Crippen molar-refractivity contribution in [3.8, 4) is 0 Å². The Balaban J connectivity index is 2.63. The van der Waals surface area contributed by atoms with Gasteiger partial charge in [0.25, 0.3) is 0 Å². The lowest BCUT2D eigenvalue weighted by Gasteiger charge is -1.98. The SMILES string of the molecule is N[C@@H](CO)c1nc(CCO)no1. The highest BCUT2D eigenvalue weighted by Gasteiger charge is 2.12. The first kappa shape index (κ1) is 9.11. The maximum atomic E-state index is 8.63. The molecule has 1 aromatic rings. The van der Waals surface area contributed by atoms with Gasteiger partial charge in [-0.15, -0.1) is 0 Å². The molecule has 0 unspecified atom stereocenters. The van der Waals surface area contributed by atoms with E-state index in [1.54, 1.807) is 0 Å². The van der Waals surface area contributed by atoms with Gasteiger partial charge in [-0.3, -0.25) is 0 Å². The van der Waals surface area contributed by atoms with Crippen molar-refractivity contribution >= 4 is 0 Å². The Morgan fingerprint density at radius 3 is 2.83 bits per heavy atom. The van der Waals surface area contributed by atoms with Crippen molar-refractivity contribution in [2.45, 2.75) is 12.5 Å². The molecular weight excluding hydrogens is 162 g/mol. The highest BCUT2D eigenvalue weighted by atomic mass is 16.5. The Morgan fingerprint density at radius 2 is 2.25 bits per heavy atom. The fourth-order valence-corrected chi connectivity index (χ4v) is 0.698. The van der Waals surface area contributed by atoms with E-state index in [4.69, 9.17) is 20.5 Å². The van der Waals surface area contributed by atoms with Crippen LogP contribution >= 0.6 is 0 Å². The van der Waals surface area contributed by atoms with E-state index in [0.717, 1.165) is 0 Å². The lowest BCUT2D eigenvalue weighted by Crippen LogP contribution is -2.14. The summed E-state index contributed by atoms with van der Waals surface area (Å²) in [6.07, 6.45) is 0.335. The summed E-state index contributed by atoms with van der Waals surface area (Å²) in [4.78, 5) is 3.85. The van der Waals surface area contributed by atoms with Gasteiger partial charge in [-0.2, -0.15) is 4.98 Å². The monoisotopic (exact) mass is 173 g/mol. The largest absolute Gasteiger partial charge is 0.396 e. The summed E-state index contributed by atoms with van der Waals surface area (Å²) >= 11 is 0. The van der Waals surface area contributed by atoms with Crippen LogP contribution < -0.4 is 5.73 Å². The van der Waals surface area contributed by atoms with Crippen molar-refractivity contribution in [2.24, 2.45) is 5.73 Å². The van der Waals surface area contributed by atoms with Gasteiger partial charge >= 0.3 is 0 Å². The van der Waals surface area contributed by atoms with Crippen LogP contribution in [0.1, 0.15) is 17.8 Å². The van der Waals surface area contributed by atoms with Crippen molar-refractivity contribution in [1.82, 2.24) is 10.1 Å². The number of aliphatic hydroxyl groups is 2. The molecule has 6 heteroatoms. The van der Waals surface area contributed by atoms with E-state index in [0.29, 0.717) is 12.2 Å². The normalized spacial score (nSPS) is 13.2. The van der Waals surface area contributed by atoms with Crippen LogP contribution in [0.3, 0.4) is 0 Å². The Hall–Kier alpha value is -0.980. The maximum Gasteiger partial charge on any atom is 0.245 e. The van der Waals surface area contributed by atoms with Crippen LogP contribution in [-0.4, -0.2) is 33.6 Å². The third-order valence-corrected chi connectivity index (χ3v) is 1.33. The molecule has 4 N–H and O–H groups in total. The predicted octanol–water partition coefficient (Wildman–Crippen LogP) is -1.40. The summed E-state index contributed by atoms with van der Waals surface area (Å²) in [5.74, 6) is 0.595. The van der Waals surface area contributed by atoms with E-state index in [2.05, 4.69) is 10.1 Å². The zero-order chi connectivity index (χ0) is 8.97. The number of aromatic nitrogens is 2. The first-order valence-corrected chi connectivity index (χ1v) is 3.57. The van der Waals surface area contributed by atoms with E-state index in [9.17, 15) is 0 Å². The molecule has 68 valence electrons. The lowest BCUT2D eigenvalue weighted by molar-refractivity contribution is 0.236. The molecule has 0 saturated carbocycles. The first-order chi connectivity index (χ1) is 5.77. The molecule has 6 nitrogen and oxygen atoms in total. The fourth-order valence-electron chi connectivity index (χ4n) is 0.698. The van der Waals surface area contributed by atoms with Gasteiger partial charge in [-0.25, -0.2) is 0 Å². The van der Waals surface area contributed by atoms with Gasteiger partial charge in [0.1, 0.15) is 6.04 Å². The average molecular weight is 173 g/mol. The quantitative estimate of drug-likeness (QED) is 0.517. The molecule has 1 aromatic heterocycles. The Kier molecular flexibility index (Phi) is 3.15. The van der Waals surface area contributed by atoms with E-state index >= 15 is 0 Å². The van der Waals surface area contributed by atoms with Gasteiger partial charge in [-0.1, -0.05) is 5.16 Å². The highest BCUT2D eigenvalue weighted by molar-refractivity contribution is 4.91. The topological polar surface area (TPSA) is 105 Å². The van der Waals surface area contributed by atoms with Crippen LogP contribution in [0.5, 0.6) is 0 Å². The minimum Gasteiger partial charge on any atom is -0.396 e. The summed E-state index contributed by atoms with van der Waals surface area (Å²) in [6.45, 7) is -0.270. The molecule has 0 spiro atoms. The van der Waals surface area contributed by atoms with E-state index < -0.39 is 6.04 Å². The second-order valence-corrected chi connectivity index (χ2v) is 2.31. The summed E-state index contributed by atoms with van der Waals surface area (Å²) in [7, 11) is 0. The molecule has 1 heterocycles. The Morgan fingerprint density at radius 1 is 1.50 bits per heavy atom. The van der Waals surface area contributed by atoms with Crippen LogP contribution in [0.15, 0.2) is 4.52 Å². The molecule has 0 fully saturated rings. The third-order valence-electron chi connectivity index (χ3n) is 1.33. The first-order valence-electron chi connectivity index (χ1n) is 3.57. The zero-order valence-corrected chi connectivity index (χ0v) is 6.47. The molecule has 1 atom stereocenters. The molecule has 0 bridgehead atoms. The van der Waals surface area contributed by atoms with Crippen LogP contribution in [0.25, 0.3) is 0 Å². The number of rotatable bonds is 4. The van der Waals surface area contributed by atoms with E-state index in [1.807, 2.05) is 0 Å². The van der Waals surface area contributed by atoms with Crippen LogP contribution in [0, 0.1) is 0 Å². The predicted molar refractivity (Wildman–Crippen MR) is 39.1 cm³/mol. The third kappa shape index (κ3) is 2.00. The molecule has 1 rings (SSSR count). The summed E-state index contributed by atoms with van der Waals surface area (Å²) in [5.41, 5.74) is 5.40. The second-order valence-electron chi connectivity index (χ2n) is 2.31. The van der Waals surface area contributed by atoms with Gasteiger partial charge < -0.3 is 20.5 Å². The molecule has 0 aromatic carbocycles. The minimum atomic E-state index is -0.634. The van der Waals surface area contributed by atoms with Crippen molar-refractivity contribution in [2.75, 3.05) is 13.2 Å². The van der Waals surface area contributed by atoms with Crippen LogP contribution in [0.4, 0.5) is 0 Å². The zero-order valence-electron chi connectivity index (χ0n) is 6.47. The van der Waals surface area contributed by atoms with Crippen molar-refractivity contribution in [3.63, 3.8) is 0 Å². The number of nitrogens with zero attached hydrogens (tertiary/aromatic N) is 2. The molecule has 0 aliphatic rings. The number of hydrogen-bond donors (Lipinski definition) is 3. The van der Waals surface area contributed by atoms with Gasteiger partial charge in [0.15, 0.2) is 5.82 Å². The lowest BCUT2D eigenvalue weighted by atomic mass is 10.3. The van der Waals surface area contributed by atoms with Gasteiger partial charge in [0, 0.05) is 6.42 Å². The van der Waals surface area contributed by atoms with E-state index in [-0.39, 0.29) is 19.1 Å². The smallest absolute Gasteiger partial charge is 0.245 e. The number of nitrogens with two attached hydrogens (primary N) is 1. The molecule has 0 aliphatic heterocycles. The number of aliphatic hydroxyl groups excluding tert-OH is 2. The summed E-state index contributed by atoms with van der Waals surface area (Å²) in [6, 6.07) is -0.634. The summed E-state index contributed by atoms with van der Waals surface area (Å²) in [5, 5.41) is 20.7. The molecule has 12 heavy (non-hydrogen) atoms. The molecule has 0 amide bonds. The van der Waals surface area contributed by atoms with Crippen LogP contribution in [0.2, 0.25) is 0 Å². The maximum absolute atomic E-state index is 8.63. The second kappa shape index (κ2) is 4.15. The Bertz CT molecular complexity index is 238. The minimum absolute atomic E-state index is 0.0344. The highest BCUT2D eigenvalue weighted by Crippen LogP contribution is 2.06. The van der Waals surface area contributed by atoms with Crippen molar-refractivity contribution in [1.29, 1.82) is 0 Å². The van der Waals surface area contributed by atoms with Gasteiger partial charge in [0.2, 0.25) is 5.89 Å². The Labute approximate surface area is 69.0 Å². The fraction of sp³-hybridized carbons (Fsp3) is 0.667. The van der Waals surface area contributed by atoms with Crippen molar-refractivity contribution < 1.29 is 14.7 Å².